The first kappa shape index (κ1) is 15.9. The average Bonchev–Trinajstić information content (AvgIpc) is 2.60. The molecule has 0 saturated heterocycles. The average molecular weight is 324 g/mol. The lowest BCUT2D eigenvalue weighted by atomic mass is 9.91. The first-order valence-electron chi connectivity index (χ1n) is 7.75. The Labute approximate surface area is 140 Å². The second-order valence-electron chi connectivity index (χ2n) is 5.62. The van der Waals surface area contributed by atoms with E-state index in [4.69, 9.17) is 10.5 Å². The van der Waals surface area contributed by atoms with Crippen LogP contribution in [0.1, 0.15) is 17.9 Å². The van der Waals surface area contributed by atoms with Crippen LogP contribution in [0, 0.1) is 0 Å². The number of guanidine groups is 1. The van der Waals surface area contributed by atoms with E-state index in [0.717, 1.165) is 22.7 Å². The minimum absolute atomic E-state index is 0.00980. The molecular formula is C18H20N4O2. The lowest BCUT2D eigenvalue weighted by Crippen LogP contribution is -2.27. The molecule has 4 N–H and O–H groups in total. The van der Waals surface area contributed by atoms with Crippen molar-refractivity contribution in [1.29, 1.82) is 0 Å². The predicted octanol–water partition coefficient (Wildman–Crippen LogP) is 2.55. The summed E-state index contributed by atoms with van der Waals surface area (Å²) < 4.78 is 5.12. The molecule has 1 unspecified atom stereocenters. The quantitative estimate of drug-likeness (QED) is 0.595. The summed E-state index contributed by atoms with van der Waals surface area (Å²) in [6.45, 7) is 0.458. The molecule has 3 rings (SSSR count). The van der Waals surface area contributed by atoms with Crippen molar-refractivity contribution in [3.8, 4) is 5.75 Å². The van der Waals surface area contributed by atoms with E-state index in [1.54, 1.807) is 7.11 Å². The summed E-state index contributed by atoms with van der Waals surface area (Å²) in [6.07, 6.45) is 0.413. The number of carbonyl (C=O) groups is 1. The van der Waals surface area contributed by atoms with E-state index in [0.29, 0.717) is 18.9 Å². The number of nitrogens with zero attached hydrogens (tertiary/aromatic N) is 1. The maximum Gasteiger partial charge on any atom is 0.225 e. The molecule has 2 aromatic rings. The van der Waals surface area contributed by atoms with Crippen molar-refractivity contribution >= 4 is 23.2 Å². The van der Waals surface area contributed by atoms with E-state index >= 15 is 0 Å². The van der Waals surface area contributed by atoms with Gasteiger partial charge in [0.05, 0.1) is 13.7 Å². The smallest absolute Gasteiger partial charge is 0.225 e. The summed E-state index contributed by atoms with van der Waals surface area (Å²) in [6, 6.07) is 15.2. The fourth-order valence-corrected chi connectivity index (χ4v) is 2.74. The molecule has 1 heterocycles. The number of ether oxygens (including phenoxy) is 1. The SMILES string of the molecule is COc1ccc(NC(N)=NCC2CC(=O)Nc3ccccc32)cc1. The van der Waals surface area contributed by atoms with Crippen molar-refractivity contribution < 1.29 is 9.53 Å². The van der Waals surface area contributed by atoms with Crippen LogP contribution in [0.15, 0.2) is 53.5 Å². The number of amides is 1. The number of benzene rings is 2. The van der Waals surface area contributed by atoms with Crippen molar-refractivity contribution in [2.24, 2.45) is 10.7 Å². The van der Waals surface area contributed by atoms with Gasteiger partial charge in [0.2, 0.25) is 5.91 Å². The third kappa shape index (κ3) is 3.65. The summed E-state index contributed by atoms with van der Waals surface area (Å²) >= 11 is 0. The Hall–Kier alpha value is -3.02. The molecule has 0 bridgehead atoms. The van der Waals surface area contributed by atoms with Crippen LogP contribution in [0.3, 0.4) is 0 Å². The molecule has 1 aliphatic rings. The molecule has 0 radical (unpaired) electrons. The lowest BCUT2D eigenvalue weighted by molar-refractivity contribution is -0.116. The van der Waals surface area contributed by atoms with Gasteiger partial charge in [0.25, 0.3) is 0 Å². The van der Waals surface area contributed by atoms with Crippen molar-refractivity contribution in [2.45, 2.75) is 12.3 Å². The molecule has 0 aliphatic carbocycles. The van der Waals surface area contributed by atoms with E-state index in [9.17, 15) is 4.79 Å². The lowest BCUT2D eigenvalue weighted by Gasteiger charge is -2.24. The van der Waals surface area contributed by atoms with E-state index in [2.05, 4.69) is 15.6 Å². The Bertz CT molecular complexity index is 756. The number of methoxy groups -OCH3 is 1. The number of nitrogens with one attached hydrogen (secondary N) is 2. The van der Waals surface area contributed by atoms with Gasteiger partial charge in [0.15, 0.2) is 5.96 Å². The number of fused-ring (bicyclic) bond motifs is 1. The minimum atomic E-state index is 0.00980. The van der Waals surface area contributed by atoms with Gasteiger partial charge in [0, 0.05) is 23.7 Å². The zero-order valence-electron chi connectivity index (χ0n) is 13.5. The predicted molar refractivity (Wildman–Crippen MR) is 95.5 cm³/mol. The van der Waals surface area contributed by atoms with Gasteiger partial charge >= 0.3 is 0 Å². The topological polar surface area (TPSA) is 88.7 Å². The van der Waals surface area contributed by atoms with Crippen molar-refractivity contribution in [3.63, 3.8) is 0 Å². The molecule has 0 fully saturated rings. The number of carbonyl (C=O) groups excluding carboxylic acids is 1. The van der Waals surface area contributed by atoms with Gasteiger partial charge in [-0.05, 0) is 35.9 Å². The van der Waals surface area contributed by atoms with Crippen molar-refractivity contribution in [2.75, 3.05) is 24.3 Å². The second kappa shape index (κ2) is 7.04. The molecule has 1 aliphatic heterocycles. The maximum atomic E-state index is 11.8. The van der Waals surface area contributed by atoms with E-state index in [1.165, 1.54) is 0 Å². The zero-order valence-corrected chi connectivity index (χ0v) is 13.5. The highest BCUT2D eigenvalue weighted by molar-refractivity contribution is 5.95. The molecule has 24 heavy (non-hydrogen) atoms. The standard InChI is InChI=1S/C18H20N4O2/c1-24-14-8-6-13(7-9-14)21-18(19)20-11-12-10-17(23)22-16-5-3-2-4-15(12)16/h2-9,12H,10-11H2,1H3,(H,22,23)(H3,19,20,21). The van der Waals surface area contributed by atoms with Gasteiger partial charge in [-0.1, -0.05) is 18.2 Å². The van der Waals surface area contributed by atoms with E-state index < -0.39 is 0 Å². The number of aliphatic imine (C=N–C) groups is 1. The van der Waals surface area contributed by atoms with Crippen LogP contribution in [0.2, 0.25) is 0 Å². The Morgan fingerprint density at radius 2 is 2.04 bits per heavy atom. The van der Waals surface area contributed by atoms with Gasteiger partial charge < -0.3 is 21.1 Å². The summed E-state index contributed by atoms with van der Waals surface area (Å²) in [5, 5.41) is 5.92. The maximum absolute atomic E-state index is 11.8. The molecule has 6 nitrogen and oxygen atoms in total. The number of nitrogens with two attached hydrogens (primary N) is 1. The van der Waals surface area contributed by atoms with Gasteiger partial charge in [-0.15, -0.1) is 0 Å². The van der Waals surface area contributed by atoms with E-state index in [-0.39, 0.29) is 11.8 Å². The monoisotopic (exact) mass is 324 g/mol. The Morgan fingerprint density at radius 1 is 1.29 bits per heavy atom. The normalized spacial score (nSPS) is 17.0. The van der Waals surface area contributed by atoms with Crippen molar-refractivity contribution in [3.05, 3.63) is 54.1 Å². The van der Waals surface area contributed by atoms with Gasteiger partial charge in [-0.3, -0.25) is 9.79 Å². The molecule has 2 aromatic carbocycles. The van der Waals surface area contributed by atoms with Crippen molar-refractivity contribution in [1.82, 2.24) is 0 Å². The molecule has 0 spiro atoms. The molecule has 1 atom stereocenters. The Morgan fingerprint density at radius 3 is 2.79 bits per heavy atom. The van der Waals surface area contributed by atoms with Crippen LogP contribution >= 0.6 is 0 Å². The number of para-hydroxylation sites is 1. The fourth-order valence-electron chi connectivity index (χ4n) is 2.74. The van der Waals surface area contributed by atoms with Crippen LogP contribution in [0.5, 0.6) is 5.75 Å². The highest BCUT2D eigenvalue weighted by Gasteiger charge is 2.24. The Balaban J connectivity index is 1.67. The second-order valence-corrected chi connectivity index (χ2v) is 5.62. The van der Waals surface area contributed by atoms with Crippen LogP contribution in [0.4, 0.5) is 11.4 Å². The van der Waals surface area contributed by atoms with Crippen LogP contribution in [-0.2, 0) is 4.79 Å². The minimum Gasteiger partial charge on any atom is -0.497 e. The molecule has 0 aromatic heterocycles. The summed E-state index contributed by atoms with van der Waals surface area (Å²) in [5.41, 5.74) is 8.74. The third-order valence-electron chi connectivity index (χ3n) is 3.95. The Kier molecular flexibility index (Phi) is 4.65. The molecule has 1 amide bonds. The highest BCUT2D eigenvalue weighted by atomic mass is 16.5. The van der Waals surface area contributed by atoms with Crippen LogP contribution < -0.4 is 21.1 Å². The van der Waals surface area contributed by atoms with Crippen LogP contribution in [0.25, 0.3) is 0 Å². The number of rotatable bonds is 4. The summed E-state index contributed by atoms with van der Waals surface area (Å²) in [7, 11) is 1.62. The van der Waals surface area contributed by atoms with Crippen LogP contribution in [-0.4, -0.2) is 25.5 Å². The first-order chi connectivity index (χ1) is 11.7. The highest BCUT2D eigenvalue weighted by Crippen LogP contribution is 2.32. The number of hydrogen-bond acceptors (Lipinski definition) is 3. The van der Waals surface area contributed by atoms with Gasteiger partial charge in [-0.25, -0.2) is 0 Å². The fraction of sp³-hybridized carbons (Fsp3) is 0.222. The summed E-state index contributed by atoms with van der Waals surface area (Å²) in [5.74, 6) is 1.14. The molecule has 6 heteroatoms. The first-order valence-corrected chi connectivity index (χ1v) is 7.75. The molecular weight excluding hydrogens is 304 g/mol. The third-order valence-corrected chi connectivity index (χ3v) is 3.95. The molecule has 0 saturated carbocycles. The number of hydrogen-bond donors (Lipinski definition) is 3. The van der Waals surface area contributed by atoms with Gasteiger partial charge in [-0.2, -0.15) is 0 Å². The largest absolute Gasteiger partial charge is 0.497 e. The zero-order chi connectivity index (χ0) is 16.9. The van der Waals surface area contributed by atoms with E-state index in [1.807, 2.05) is 48.5 Å². The summed E-state index contributed by atoms with van der Waals surface area (Å²) in [4.78, 5) is 16.2. The number of anilines is 2. The van der Waals surface area contributed by atoms with Gasteiger partial charge in [0.1, 0.15) is 5.75 Å². The molecule has 124 valence electrons.